The zero-order chi connectivity index (χ0) is 27.5. The average Bonchev–Trinajstić information content (AvgIpc) is 2.90. The Balaban J connectivity index is 0.000000436. The van der Waals surface area contributed by atoms with Crippen molar-refractivity contribution in [3.05, 3.63) is 96.1 Å². The molecule has 200 valence electrons. The molecular weight excluding hydrogens is 497 g/mol. The van der Waals surface area contributed by atoms with Gasteiger partial charge in [0.2, 0.25) is 0 Å². The summed E-state index contributed by atoms with van der Waals surface area (Å²) in [6.45, 7) is 3.48. The molecule has 0 radical (unpaired) electrons. The van der Waals surface area contributed by atoms with Crippen molar-refractivity contribution in [1.29, 1.82) is 0 Å². The van der Waals surface area contributed by atoms with Crippen molar-refractivity contribution in [2.75, 3.05) is 31.5 Å². The van der Waals surface area contributed by atoms with Crippen molar-refractivity contribution in [2.45, 2.75) is 19.0 Å². The summed E-state index contributed by atoms with van der Waals surface area (Å²) in [7, 11) is 0. The van der Waals surface area contributed by atoms with Crippen LogP contribution in [0.25, 0.3) is 16.3 Å². The Morgan fingerprint density at radius 2 is 1.63 bits per heavy atom. The number of nitrogens with one attached hydrogen (secondary N) is 1. The van der Waals surface area contributed by atoms with Crippen LogP contribution < -0.4 is 5.32 Å². The Morgan fingerprint density at radius 3 is 2.29 bits per heavy atom. The predicted molar refractivity (Wildman–Crippen MR) is 142 cm³/mol. The molecule has 4 rings (SSSR count). The molecule has 0 saturated carbocycles. The van der Waals surface area contributed by atoms with Crippen LogP contribution in [-0.2, 0) is 15.8 Å². The standard InChI is InChI=1S/C25H25F3N2.C4H4O4/c26-25(27,28)21-8-4-9-22(18-21)29-14-5-15-30-16-12-20(13-17-30)24-11-3-7-19-6-1-2-10-23(19)24;5-3(6)1-2-4(7)8/h1-4,6-12,18,29H,5,13-17H2;1-2H,(H,5,6)(H,7,8)/b;2-1+. The predicted octanol–water partition coefficient (Wildman–Crippen LogP) is 6.16. The monoisotopic (exact) mass is 526 g/mol. The Kier molecular flexibility index (Phi) is 10.1. The summed E-state index contributed by atoms with van der Waals surface area (Å²) < 4.78 is 38.4. The third-order valence-electron chi connectivity index (χ3n) is 5.97. The largest absolute Gasteiger partial charge is 0.478 e. The lowest BCUT2D eigenvalue weighted by molar-refractivity contribution is -0.137. The van der Waals surface area contributed by atoms with E-state index in [0.29, 0.717) is 24.4 Å². The number of aliphatic carboxylic acids is 2. The molecule has 0 aliphatic carbocycles. The fourth-order valence-electron chi connectivity index (χ4n) is 4.15. The summed E-state index contributed by atoms with van der Waals surface area (Å²) in [6.07, 6.45) is 1.01. The molecule has 1 heterocycles. The van der Waals surface area contributed by atoms with Gasteiger partial charge in [-0.05, 0) is 52.9 Å². The third-order valence-corrected chi connectivity index (χ3v) is 5.97. The highest BCUT2D eigenvalue weighted by atomic mass is 19.4. The van der Waals surface area contributed by atoms with Gasteiger partial charge in [0.05, 0.1) is 5.56 Å². The molecule has 6 nitrogen and oxygen atoms in total. The van der Waals surface area contributed by atoms with Crippen molar-refractivity contribution >= 4 is 34.0 Å². The summed E-state index contributed by atoms with van der Waals surface area (Å²) in [5, 5.41) is 21.3. The molecular formula is C29H29F3N2O4. The van der Waals surface area contributed by atoms with E-state index in [-0.39, 0.29) is 0 Å². The molecule has 0 amide bonds. The van der Waals surface area contributed by atoms with E-state index < -0.39 is 23.7 Å². The first kappa shape index (κ1) is 28.5. The van der Waals surface area contributed by atoms with Crippen LogP contribution in [0, 0.1) is 0 Å². The smallest absolute Gasteiger partial charge is 0.416 e. The van der Waals surface area contributed by atoms with E-state index in [4.69, 9.17) is 10.2 Å². The SMILES string of the molecule is FC(F)(F)c1cccc(NCCCN2CC=C(c3cccc4ccccc34)CC2)c1.O=C(O)/C=C/C(=O)O. The first-order valence-electron chi connectivity index (χ1n) is 12.1. The number of hydrogen-bond donors (Lipinski definition) is 3. The Morgan fingerprint density at radius 1 is 0.947 bits per heavy atom. The molecule has 3 N–H and O–H groups in total. The van der Waals surface area contributed by atoms with Gasteiger partial charge < -0.3 is 15.5 Å². The van der Waals surface area contributed by atoms with E-state index >= 15 is 0 Å². The molecule has 0 spiro atoms. The van der Waals surface area contributed by atoms with Crippen molar-refractivity contribution < 1.29 is 33.0 Å². The maximum Gasteiger partial charge on any atom is 0.416 e. The first-order chi connectivity index (χ1) is 18.1. The number of rotatable bonds is 8. The van der Waals surface area contributed by atoms with Gasteiger partial charge in [0, 0.05) is 44.0 Å². The quantitative estimate of drug-likeness (QED) is 0.241. The average molecular weight is 527 g/mol. The van der Waals surface area contributed by atoms with Gasteiger partial charge in [-0.15, -0.1) is 0 Å². The van der Waals surface area contributed by atoms with E-state index in [9.17, 15) is 22.8 Å². The molecule has 0 bridgehead atoms. The molecule has 1 aliphatic rings. The summed E-state index contributed by atoms with van der Waals surface area (Å²) in [5.74, 6) is -2.51. The second kappa shape index (κ2) is 13.4. The van der Waals surface area contributed by atoms with Crippen LogP contribution in [0.5, 0.6) is 0 Å². The van der Waals surface area contributed by atoms with Crippen LogP contribution >= 0.6 is 0 Å². The number of carboxylic acid groups (broad SMARTS) is 2. The Bertz CT molecular complexity index is 1300. The number of hydrogen-bond acceptors (Lipinski definition) is 4. The van der Waals surface area contributed by atoms with Crippen LogP contribution in [0.2, 0.25) is 0 Å². The summed E-state index contributed by atoms with van der Waals surface area (Å²) in [6, 6.07) is 20.3. The highest BCUT2D eigenvalue weighted by Gasteiger charge is 2.30. The number of halogens is 3. The number of anilines is 1. The molecule has 9 heteroatoms. The Hall–Kier alpha value is -4.11. The van der Waals surface area contributed by atoms with Crippen LogP contribution in [0.1, 0.15) is 24.0 Å². The maximum absolute atomic E-state index is 12.8. The zero-order valence-corrected chi connectivity index (χ0v) is 20.6. The van der Waals surface area contributed by atoms with E-state index in [0.717, 1.165) is 38.5 Å². The maximum atomic E-state index is 12.8. The van der Waals surface area contributed by atoms with Gasteiger partial charge in [0.15, 0.2) is 0 Å². The van der Waals surface area contributed by atoms with E-state index in [1.54, 1.807) is 6.07 Å². The van der Waals surface area contributed by atoms with Gasteiger partial charge in [-0.3, -0.25) is 4.90 Å². The van der Waals surface area contributed by atoms with Crippen LogP contribution in [0.15, 0.2) is 85.0 Å². The minimum absolute atomic E-state index is 0.515. The summed E-state index contributed by atoms with van der Waals surface area (Å²) >= 11 is 0. The van der Waals surface area contributed by atoms with Gasteiger partial charge in [-0.1, -0.05) is 54.6 Å². The minimum atomic E-state index is -4.31. The lowest BCUT2D eigenvalue weighted by Gasteiger charge is -2.27. The van der Waals surface area contributed by atoms with Crippen LogP contribution in [-0.4, -0.2) is 53.2 Å². The number of carboxylic acids is 2. The molecule has 0 saturated heterocycles. The molecule has 3 aromatic rings. The minimum Gasteiger partial charge on any atom is -0.478 e. The van der Waals surface area contributed by atoms with Crippen LogP contribution in [0.3, 0.4) is 0 Å². The summed E-state index contributed by atoms with van der Waals surface area (Å²) in [4.78, 5) is 21.5. The van der Waals surface area contributed by atoms with E-state index in [1.807, 2.05) is 0 Å². The number of carbonyl (C=O) groups is 2. The fourth-order valence-corrected chi connectivity index (χ4v) is 4.15. The highest BCUT2D eigenvalue weighted by molar-refractivity contribution is 5.94. The van der Waals surface area contributed by atoms with Gasteiger partial charge in [-0.25, -0.2) is 9.59 Å². The lowest BCUT2D eigenvalue weighted by atomic mass is 9.94. The molecule has 0 fully saturated rings. The fraction of sp³-hybridized carbons (Fsp3) is 0.241. The van der Waals surface area contributed by atoms with Gasteiger partial charge >= 0.3 is 18.1 Å². The van der Waals surface area contributed by atoms with E-state index in [1.165, 1.54) is 34.0 Å². The van der Waals surface area contributed by atoms with Crippen molar-refractivity contribution in [1.82, 2.24) is 4.90 Å². The van der Waals surface area contributed by atoms with Crippen molar-refractivity contribution in [3.63, 3.8) is 0 Å². The Labute approximate surface area is 218 Å². The summed E-state index contributed by atoms with van der Waals surface area (Å²) in [5.41, 5.74) is 2.61. The molecule has 0 unspecified atom stereocenters. The molecule has 38 heavy (non-hydrogen) atoms. The topological polar surface area (TPSA) is 89.9 Å². The zero-order valence-electron chi connectivity index (χ0n) is 20.6. The molecule has 1 aliphatic heterocycles. The van der Waals surface area contributed by atoms with Crippen molar-refractivity contribution in [2.24, 2.45) is 0 Å². The second-order valence-corrected chi connectivity index (χ2v) is 8.68. The number of nitrogens with zero attached hydrogens (tertiary/aromatic N) is 1. The lowest BCUT2D eigenvalue weighted by Crippen LogP contribution is -2.30. The molecule has 3 aromatic carbocycles. The number of benzene rings is 3. The molecule has 0 atom stereocenters. The third kappa shape index (κ3) is 8.77. The normalized spacial score (nSPS) is 14.0. The van der Waals surface area contributed by atoms with Gasteiger partial charge in [0.1, 0.15) is 0 Å². The number of fused-ring (bicyclic) bond motifs is 1. The second-order valence-electron chi connectivity index (χ2n) is 8.68. The molecule has 0 aromatic heterocycles. The van der Waals surface area contributed by atoms with Crippen LogP contribution in [0.4, 0.5) is 18.9 Å². The first-order valence-corrected chi connectivity index (χ1v) is 12.1. The number of alkyl halides is 3. The van der Waals surface area contributed by atoms with Gasteiger partial charge in [0.25, 0.3) is 0 Å². The van der Waals surface area contributed by atoms with E-state index in [2.05, 4.69) is 58.8 Å². The van der Waals surface area contributed by atoms with Crippen molar-refractivity contribution in [3.8, 4) is 0 Å². The highest BCUT2D eigenvalue weighted by Crippen LogP contribution is 2.31. The van der Waals surface area contributed by atoms with Gasteiger partial charge in [-0.2, -0.15) is 13.2 Å².